The van der Waals surface area contributed by atoms with Crippen LogP contribution < -0.4 is 21.1 Å². The highest BCUT2D eigenvalue weighted by atomic mass is 16.3. The van der Waals surface area contributed by atoms with E-state index in [4.69, 9.17) is 4.42 Å². The predicted octanol–water partition coefficient (Wildman–Crippen LogP) is 16.2. The summed E-state index contributed by atoms with van der Waals surface area (Å²) in [5, 5.41) is 13.8. The van der Waals surface area contributed by atoms with E-state index in [-0.39, 0.29) is 10.8 Å². The van der Waals surface area contributed by atoms with Crippen LogP contribution >= 0.6 is 0 Å². The van der Waals surface area contributed by atoms with E-state index in [9.17, 15) is 0 Å². The van der Waals surface area contributed by atoms with Crippen LogP contribution in [0.5, 0.6) is 0 Å². The van der Waals surface area contributed by atoms with E-state index in [1.807, 2.05) is 6.07 Å². The number of rotatable bonds is 6. The summed E-state index contributed by atoms with van der Waals surface area (Å²) in [4.78, 5) is 2.40. The lowest BCUT2D eigenvalue weighted by Gasteiger charge is -2.29. The van der Waals surface area contributed by atoms with Gasteiger partial charge in [-0.25, -0.2) is 0 Å². The minimum absolute atomic E-state index is 0.0279. The standard InChI is InChI=1S/C64H52BN3O/c1-63(2,3)41-26-30-43(31-27-41)67(44-32-28-42(29-33-44)64(4,5)6)45-34-35-48(55(38-45)66-54-23-14-20-50-49-19-11-12-24-57(49)69-62(50)54)52-37-40-16-8-10-18-47(40)61-59(52)65-53-22-13-21-51-58-46-17-9-7-15-39(46)25-36-56(58)68(61)60(51)53/h7-38,65-66H,1-6H3. The molecular formula is C64H52BN3O. The Bertz CT molecular complexity index is 3970. The number of anilines is 5. The summed E-state index contributed by atoms with van der Waals surface area (Å²) in [6.07, 6.45) is 0. The number of nitrogens with zero attached hydrogens (tertiary/aromatic N) is 2. The van der Waals surface area contributed by atoms with Crippen molar-refractivity contribution in [2.24, 2.45) is 0 Å². The van der Waals surface area contributed by atoms with E-state index >= 15 is 0 Å². The summed E-state index contributed by atoms with van der Waals surface area (Å²) in [6, 6.07) is 71.7. The van der Waals surface area contributed by atoms with Crippen molar-refractivity contribution in [3.63, 3.8) is 0 Å². The van der Waals surface area contributed by atoms with Gasteiger partial charge in [0, 0.05) is 66.4 Å². The van der Waals surface area contributed by atoms with Crippen molar-refractivity contribution in [3.05, 3.63) is 205 Å². The first-order valence-electron chi connectivity index (χ1n) is 24.3. The lowest BCUT2D eigenvalue weighted by Crippen LogP contribution is -2.37. The van der Waals surface area contributed by atoms with Crippen molar-refractivity contribution >= 4 is 112 Å². The number of nitrogens with one attached hydrogen (secondary N) is 1. The van der Waals surface area contributed by atoms with Crippen LogP contribution in [0.3, 0.4) is 0 Å². The molecule has 2 aromatic heterocycles. The number of hydrogen-bond acceptors (Lipinski definition) is 3. The Kier molecular flexibility index (Phi) is 9.10. The zero-order valence-electron chi connectivity index (χ0n) is 40.0. The van der Waals surface area contributed by atoms with Gasteiger partial charge in [0.1, 0.15) is 5.58 Å². The molecule has 0 aliphatic carbocycles. The molecule has 12 aromatic rings. The van der Waals surface area contributed by atoms with Crippen LogP contribution in [-0.2, 0) is 10.8 Å². The molecule has 0 saturated carbocycles. The maximum Gasteiger partial charge on any atom is 0.198 e. The van der Waals surface area contributed by atoms with E-state index in [1.165, 1.54) is 76.7 Å². The Balaban J connectivity index is 1.08. The highest BCUT2D eigenvalue weighted by molar-refractivity contribution is 6.74. The fourth-order valence-corrected chi connectivity index (χ4v) is 11.2. The Morgan fingerprint density at radius 1 is 0.478 bits per heavy atom. The van der Waals surface area contributed by atoms with Gasteiger partial charge in [-0.05, 0) is 110 Å². The molecule has 3 heterocycles. The molecule has 5 heteroatoms. The third kappa shape index (κ3) is 6.59. The van der Waals surface area contributed by atoms with Gasteiger partial charge in [-0.15, -0.1) is 0 Å². The van der Waals surface area contributed by atoms with Gasteiger partial charge in [0.25, 0.3) is 0 Å². The van der Waals surface area contributed by atoms with Crippen LogP contribution in [0.1, 0.15) is 52.7 Å². The summed E-state index contributed by atoms with van der Waals surface area (Å²) >= 11 is 0. The summed E-state index contributed by atoms with van der Waals surface area (Å²) in [7, 11) is 0.799. The molecular weight excluding hydrogens is 838 g/mol. The third-order valence-corrected chi connectivity index (χ3v) is 14.7. The van der Waals surface area contributed by atoms with Gasteiger partial charge in [-0.1, -0.05) is 180 Å². The minimum atomic E-state index is 0.0279. The first-order valence-corrected chi connectivity index (χ1v) is 24.3. The summed E-state index contributed by atoms with van der Waals surface area (Å²) in [5.74, 6) is 0. The fraction of sp³-hybridized carbons (Fsp3) is 0.125. The quantitative estimate of drug-likeness (QED) is 0.169. The van der Waals surface area contributed by atoms with E-state index in [1.54, 1.807) is 0 Å². The number of para-hydroxylation sites is 3. The SMILES string of the molecule is CC(C)(C)c1ccc(N(c2ccc(C(C)(C)C)cc2)c2ccc(-c3cc4ccccc4c4c3Bc3cccc5c6c7ccccc7ccc6n-4c35)c(Nc3cccc4c3oc3ccccc34)c2)cc1. The Labute approximate surface area is 403 Å². The molecule has 4 nitrogen and oxygen atoms in total. The molecule has 0 spiro atoms. The third-order valence-electron chi connectivity index (χ3n) is 14.7. The molecule has 1 aliphatic heterocycles. The second-order valence-electron chi connectivity index (χ2n) is 21.0. The molecule has 1 N–H and O–H groups in total. The van der Waals surface area contributed by atoms with Crippen molar-refractivity contribution in [1.82, 2.24) is 4.57 Å². The van der Waals surface area contributed by atoms with Gasteiger partial charge in [-0.2, -0.15) is 0 Å². The van der Waals surface area contributed by atoms with Gasteiger partial charge < -0.3 is 19.2 Å². The lowest BCUT2D eigenvalue weighted by atomic mass is 9.58. The van der Waals surface area contributed by atoms with Gasteiger partial charge in [0.05, 0.1) is 11.2 Å². The number of fused-ring (bicyclic) bond motifs is 12. The Morgan fingerprint density at radius 2 is 1.09 bits per heavy atom. The second kappa shape index (κ2) is 15.2. The average molecular weight is 890 g/mol. The molecule has 0 amide bonds. The van der Waals surface area contributed by atoms with Gasteiger partial charge in [0.2, 0.25) is 0 Å². The largest absolute Gasteiger partial charge is 0.454 e. The molecule has 1 aliphatic rings. The van der Waals surface area contributed by atoms with Gasteiger partial charge in [0.15, 0.2) is 12.9 Å². The highest BCUT2D eigenvalue weighted by Crippen LogP contribution is 2.45. The molecule has 69 heavy (non-hydrogen) atoms. The van der Waals surface area contributed by atoms with Crippen LogP contribution in [0.4, 0.5) is 28.4 Å². The van der Waals surface area contributed by atoms with E-state index in [2.05, 4.69) is 244 Å². The molecule has 0 unspecified atom stereocenters. The van der Waals surface area contributed by atoms with Crippen LogP contribution in [0.15, 0.2) is 199 Å². The molecule has 332 valence electrons. The van der Waals surface area contributed by atoms with Crippen molar-refractivity contribution in [2.75, 3.05) is 10.2 Å². The first kappa shape index (κ1) is 41.2. The summed E-state index contributed by atoms with van der Waals surface area (Å²) in [5.41, 5.74) is 18.3. The summed E-state index contributed by atoms with van der Waals surface area (Å²) < 4.78 is 9.28. The smallest absolute Gasteiger partial charge is 0.198 e. The lowest BCUT2D eigenvalue weighted by molar-refractivity contribution is 0.590. The molecule has 13 rings (SSSR count). The van der Waals surface area contributed by atoms with E-state index in [0.29, 0.717) is 0 Å². The Hall–Kier alpha value is -8.02. The molecule has 0 atom stereocenters. The molecule has 10 aromatic carbocycles. The number of benzene rings is 10. The molecule has 0 bridgehead atoms. The van der Waals surface area contributed by atoms with Crippen molar-refractivity contribution in [1.29, 1.82) is 0 Å². The minimum Gasteiger partial charge on any atom is -0.454 e. The van der Waals surface area contributed by atoms with E-state index in [0.717, 1.165) is 63.2 Å². The fourth-order valence-electron chi connectivity index (χ4n) is 11.2. The molecule has 0 saturated heterocycles. The van der Waals surface area contributed by atoms with Crippen LogP contribution in [-0.4, -0.2) is 11.8 Å². The zero-order chi connectivity index (χ0) is 46.8. The topological polar surface area (TPSA) is 33.3 Å². The van der Waals surface area contributed by atoms with Crippen molar-refractivity contribution in [3.8, 4) is 16.8 Å². The van der Waals surface area contributed by atoms with Crippen LogP contribution in [0.2, 0.25) is 0 Å². The highest BCUT2D eigenvalue weighted by Gasteiger charge is 2.29. The van der Waals surface area contributed by atoms with Crippen LogP contribution in [0.25, 0.3) is 82.1 Å². The molecule has 0 radical (unpaired) electrons. The van der Waals surface area contributed by atoms with Crippen molar-refractivity contribution in [2.45, 2.75) is 52.4 Å². The maximum absolute atomic E-state index is 6.70. The molecule has 0 fully saturated rings. The van der Waals surface area contributed by atoms with E-state index < -0.39 is 0 Å². The normalized spacial score (nSPS) is 12.6. The number of aromatic nitrogens is 1. The zero-order valence-corrected chi connectivity index (χ0v) is 40.0. The van der Waals surface area contributed by atoms with Gasteiger partial charge >= 0.3 is 0 Å². The maximum atomic E-state index is 6.70. The number of furan rings is 1. The first-order chi connectivity index (χ1) is 33.5. The monoisotopic (exact) mass is 889 g/mol. The van der Waals surface area contributed by atoms with Crippen molar-refractivity contribution < 1.29 is 4.42 Å². The second-order valence-corrected chi connectivity index (χ2v) is 21.0. The number of hydrogen-bond donors (Lipinski definition) is 1. The average Bonchev–Trinajstić information content (AvgIpc) is 3.92. The van der Waals surface area contributed by atoms with Gasteiger partial charge in [-0.3, -0.25) is 0 Å². The van der Waals surface area contributed by atoms with Crippen LogP contribution in [0, 0.1) is 0 Å². The Morgan fingerprint density at radius 3 is 1.81 bits per heavy atom. The summed E-state index contributed by atoms with van der Waals surface area (Å²) in [6.45, 7) is 13.7. The predicted molar refractivity (Wildman–Crippen MR) is 297 cm³/mol.